The maximum atomic E-state index is 13.1. The van der Waals surface area contributed by atoms with Gasteiger partial charge in [0.2, 0.25) is 11.8 Å². The number of likely N-dealkylation sites (tertiary alicyclic amines) is 1. The number of carbonyl (C=O) groups is 2. The number of aromatic nitrogens is 1. The lowest BCUT2D eigenvalue weighted by Gasteiger charge is -2.55. The molecule has 4 aliphatic carbocycles. The fraction of sp³-hybridized carbons (Fsp3) is 0.762. The lowest BCUT2D eigenvalue weighted by molar-refractivity contribution is -0.148. The summed E-state index contributed by atoms with van der Waals surface area (Å²) < 4.78 is 5.18. The Bertz CT molecular complexity index is 720. The van der Waals surface area contributed by atoms with Gasteiger partial charge in [0.25, 0.3) is 0 Å². The van der Waals surface area contributed by atoms with E-state index in [0.717, 1.165) is 67.9 Å². The zero-order valence-corrected chi connectivity index (χ0v) is 16.1. The molecule has 0 spiro atoms. The minimum atomic E-state index is -0.192. The first-order chi connectivity index (χ1) is 13.0. The molecule has 0 unspecified atom stereocenters. The highest BCUT2D eigenvalue weighted by atomic mass is 16.5. The first-order valence-electron chi connectivity index (χ1n) is 10.5. The number of rotatable bonds is 4. The number of hydrogen-bond donors (Lipinski definition) is 1. The second-order valence-corrected chi connectivity index (χ2v) is 9.49. The first kappa shape index (κ1) is 17.3. The van der Waals surface area contributed by atoms with E-state index >= 15 is 0 Å². The molecule has 6 heteroatoms. The fourth-order valence-electron chi connectivity index (χ4n) is 6.75. The Kier molecular flexibility index (Phi) is 4.06. The smallest absolute Gasteiger partial charge is 0.242 e. The van der Waals surface area contributed by atoms with E-state index in [2.05, 4.69) is 10.5 Å². The first-order valence-corrected chi connectivity index (χ1v) is 10.5. The Morgan fingerprint density at radius 3 is 2.48 bits per heavy atom. The zero-order chi connectivity index (χ0) is 18.6. The van der Waals surface area contributed by atoms with Gasteiger partial charge in [0.05, 0.1) is 12.6 Å². The molecule has 5 fully saturated rings. The second kappa shape index (κ2) is 6.35. The Balaban J connectivity index is 1.22. The third-order valence-corrected chi connectivity index (χ3v) is 7.48. The van der Waals surface area contributed by atoms with Crippen LogP contribution in [-0.4, -0.2) is 35.0 Å². The molecule has 1 saturated heterocycles. The lowest BCUT2D eigenvalue weighted by Crippen LogP contribution is -2.54. The van der Waals surface area contributed by atoms with Crippen LogP contribution in [0.3, 0.4) is 0 Å². The predicted molar refractivity (Wildman–Crippen MR) is 98.5 cm³/mol. The van der Waals surface area contributed by atoms with Crippen LogP contribution in [0.2, 0.25) is 0 Å². The van der Waals surface area contributed by atoms with Crippen molar-refractivity contribution in [1.82, 2.24) is 15.4 Å². The lowest BCUT2D eigenvalue weighted by atomic mass is 9.49. The second-order valence-electron chi connectivity index (χ2n) is 9.49. The van der Waals surface area contributed by atoms with Crippen LogP contribution >= 0.6 is 0 Å². The summed E-state index contributed by atoms with van der Waals surface area (Å²) in [4.78, 5) is 27.7. The molecule has 27 heavy (non-hydrogen) atoms. The number of nitrogens with zero attached hydrogens (tertiary/aromatic N) is 2. The van der Waals surface area contributed by atoms with Crippen LogP contribution < -0.4 is 5.32 Å². The predicted octanol–water partition coefficient (Wildman–Crippen LogP) is 2.98. The Hall–Kier alpha value is -1.85. The fourth-order valence-corrected chi connectivity index (χ4v) is 6.75. The van der Waals surface area contributed by atoms with Crippen molar-refractivity contribution >= 4 is 11.8 Å². The van der Waals surface area contributed by atoms with Gasteiger partial charge in [-0.25, -0.2) is 0 Å². The quantitative estimate of drug-likeness (QED) is 0.883. The van der Waals surface area contributed by atoms with Gasteiger partial charge in [-0.15, -0.1) is 0 Å². The average Bonchev–Trinajstić information content (AvgIpc) is 3.26. The molecule has 5 aliphatic rings. The molecule has 2 amide bonds. The monoisotopic (exact) mass is 371 g/mol. The Morgan fingerprint density at radius 1 is 1.22 bits per heavy atom. The molecule has 146 valence electrons. The molecule has 6 rings (SSSR count). The molecule has 1 aliphatic heterocycles. The minimum Gasteiger partial charge on any atom is -0.361 e. The molecular weight excluding hydrogens is 342 g/mol. The number of aryl methyl sites for hydroxylation is 1. The van der Waals surface area contributed by atoms with Gasteiger partial charge in [-0.05, 0) is 76.0 Å². The van der Waals surface area contributed by atoms with E-state index in [1.165, 1.54) is 19.3 Å². The van der Waals surface area contributed by atoms with Gasteiger partial charge in [0, 0.05) is 18.0 Å². The normalized spacial score (nSPS) is 37.0. The minimum absolute atomic E-state index is 0.00349. The molecule has 4 saturated carbocycles. The van der Waals surface area contributed by atoms with Crippen molar-refractivity contribution in [3.63, 3.8) is 0 Å². The third kappa shape index (κ3) is 2.97. The largest absolute Gasteiger partial charge is 0.361 e. The molecule has 0 aromatic carbocycles. The van der Waals surface area contributed by atoms with Crippen molar-refractivity contribution in [1.29, 1.82) is 0 Å². The van der Waals surface area contributed by atoms with Crippen LogP contribution in [0, 0.1) is 30.1 Å². The zero-order valence-electron chi connectivity index (χ0n) is 16.1. The summed E-state index contributed by atoms with van der Waals surface area (Å²) in [5.74, 6) is 3.09. The summed E-state index contributed by atoms with van der Waals surface area (Å²) in [5, 5.41) is 7.12. The van der Waals surface area contributed by atoms with Gasteiger partial charge in [-0.3, -0.25) is 9.59 Å². The highest BCUT2D eigenvalue weighted by molar-refractivity contribution is 5.88. The summed E-state index contributed by atoms with van der Waals surface area (Å²) in [5.41, 5.74) is 0.633. The average molecular weight is 371 g/mol. The van der Waals surface area contributed by atoms with E-state index in [1.807, 2.05) is 17.9 Å². The highest BCUT2D eigenvalue weighted by Crippen LogP contribution is 2.60. The van der Waals surface area contributed by atoms with Gasteiger partial charge in [-0.2, -0.15) is 0 Å². The van der Waals surface area contributed by atoms with Crippen LogP contribution in [0.25, 0.3) is 0 Å². The van der Waals surface area contributed by atoms with Crippen LogP contribution in [0.15, 0.2) is 10.6 Å². The van der Waals surface area contributed by atoms with E-state index in [1.54, 1.807) is 0 Å². The number of amides is 2. The van der Waals surface area contributed by atoms with Gasteiger partial charge in [0.15, 0.2) is 0 Å². The van der Waals surface area contributed by atoms with E-state index < -0.39 is 0 Å². The molecule has 4 bridgehead atoms. The van der Waals surface area contributed by atoms with E-state index in [4.69, 9.17) is 4.52 Å². The van der Waals surface area contributed by atoms with Gasteiger partial charge < -0.3 is 14.7 Å². The third-order valence-electron chi connectivity index (χ3n) is 7.48. The van der Waals surface area contributed by atoms with Crippen LogP contribution in [-0.2, 0) is 9.59 Å². The van der Waals surface area contributed by atoms with Crippen molar-refractivity contribution in [3.8, 4) is 0 Å². The number of hydrogen-bond acceptors (Lipinski definition) is 4. The van der Waals surface area contributed by atoms with Crippen molar-refractivity contribution in [2.45, 2.75) is 64.3 Å². The maximum Gasteiger partial charge on any atom is 0.242 e. The molecule has 1 N–H and O–H groups in total. The number of nitrogens with one attached hydrogen (secondary N) is 1. The van der Waals surface area contributed by atoms with Crippen LogP contribution in [0.1, 0.15) is 68.9 Å². The molecule has 1 aromatic heterocycles. The van der Waals surface area contributed by atoms with Crippen LogP contribution in [0.4, 0.5) is 0 Å². The topological polar surface area (TPSA) is 75.4 Å². The van der Waals surface area contributed by atoms with E-state index in [-0.39, 0.29) is 29.8 Å². The Morgan fingerprint density at radius 2 is 1.89 bits per heavy atom. The van der Waals surface area contributed by atoms with E-state index in [9.17, 15) is 9.59 Å². The highest BCUT2D eigenvalue weighted by Gasteiger charge is 2.54. The summed E-state index contributed by atoms with van der Waals surface area (Å²) >= 11 is 0. The van der Waals surface area contributed by atoms with Crippen molar-refractivity contribution in [3.05, 3.63) is 17.5 Å². The summed E-state index contributed by atoms with van der Waals surface area (Å²) in [6.07, 6.45) is 8.91. The standard InChI is InChI=1S/C21H29N3O3/c1-13-5-17(23-27-13)18-3-2-4-24(18)19(25)12-22-20(26)21-9-14-6-15(10-21)8-16(7-14)11-21/h5,14-16,18H,2-4,6-12H2,1H3,(H,22,26)/t14?,15?,16?,18-,21?/m0/s1. The molecule has 6 nitrogen and oxygen atoms in total. The Labute approximate surface area is 160 Å². The summed E-state index contributed by atoms with van der Waals surface area (Å²) in [6.45, 7) is 2.69. The van der Waals surface area contributed by atoms with Crippen molar-refractivity contribution < 1.29 is 14.1 Å². The van der Waals surface area contributed by atoms with Gasteiger partial charge >= 0.3 is 0 Å². The van der Waals surface area contributed by atoms with Gasteiger partial charge in [0.1, 0.15) is 11.5 Å². The van der Waals surface area contributed by atoms with E-state index in [0.29, 0.717) is 0 Å². The molecule has 1 aromatic rings. The summed E-state index contributed by atoms with van der Waals surface area (Å²) in [7, 11) is 0. The SMILES string of the molecule is Cc1cc([C@@H]2CCCN2C(=O)CNC(=O)C23CC4CC(CC(C4)C2)C3)no1. The molecule has 0 radical (unpaired) electrons. The van der Waals surface area contributed by atoms with Crippen LogP contribution in [0.5, 0.6) is 0 Å². The molecular formula is C21H29N3O3. The van der Waals surface area contributed by atoms with Crippen molar-refractivity contribution in [2.24, 2.45) is 23.2 Å². The van der Waals surface area contributed by atoms with Crippen molar-refractivity contribution in [2.75, 3.05) is 13.1 Å². The number of carbonyl (C=O) groups excluding carboxylic acids is 2. The maximum absolute atomic E-state index is 13.1. The molecule has 1 atom stereocenters. The molecule has 2 heterocycles. The van der Waals surface area contributed by atoms with Gasteiger partial charge in [-0.1, -0.05) is 5.16 Å². The summed E-state index contributed by atoms with van der Waals surface area (Å²) in [6, 6.07) is 1.89.